The summed E-state index contributed by atoms with van der Waals surface area (Å²) in [6, 6.07) is 5.40. The molecule has 0 saturated carbocycles. The Morgan fingerprint density at radius 2 is 2.00 bits per heavy atom. The monoisotopic (exact) mass is 266 g/mol. The van der Waals surface area contributed by atoms with E-state index in [1.165, 1.54) is 5.56 Å². The first-order valence-corrected chi connectivity index (χ1v) is 6.94. The molecule has 0 amide bonds. The molecule has 2 nitrogen and oxygen atoms in total. The predicted octanol–water partition coefficient (Wildman–Crippen LogP) is 2.99. The molecule has 0 bridgehead atoms. The summed E-state index contributed by atoms with van der Waals surface area (Å²) < 4.78 is 13.2. The summed E-state index contributed by atoms with van der Waals surface area (Å²) in [4.78, 5) is 2.27. The van der Waals surface area contributed by atoms with Gasteiger partial charge in [0.25, 0.3) is 0 Å². The third-order valence-corrected chi connectivity index (χ3v) is 4.57. The van der Waals surface area contributed by atoms with Gasteiger partial charge < -0.3 is 10.2 Å². The van der Waals surface area contributed by atoms with E-state index in [1.54, 1.807) is 12.1 Å². The molecule has 0 aromatic heterocycles. The molecule has 0 saturated heterocycles. The highest BCUT2D eigenvalue weighted by molar-refractivity contribution is 5.28. The topological polar surface area (TPSA) is 15.3 Å². The Labute approximate surface area is 117 Å². The molecule has 1 rings (SSSR count). The maximum atomic E-state index is 13.2. The van der Waals surface area contributed by atoms with E-state index in [4.69, 9.17) is 0 Å². The van der Waals surface area contributed by atoms with Gasteiger partial charge >= 0.3 is 0 Å². The minimum Gasteiger partial charge on any atom is -0.315 e. The van der Waals surface area contributed by atoms with E-state index in [0.29, 0.717) is 6.04 Å². The van der Waals surface area contributed by atoms with Crippen molar-refractivity contribution in [1.82, 2.24) is 10.2 Å². The Morgan fingerprint density at radius 1 is 1.37 bits per heavy atom. The molecule has 2 unspecified atom stereocenters. The second kappa shape index (κ2) is 6.49. The van der Waals surface area contributed by atoms with Gasteiger partial charge in [0.05, 0.1) is 0 Å². The molecule has 0 fully saturated rings. The van der Waals surface area contributed by atoms with E-state index in [1.807, 2.05) is 20.0 Å². The molecular formula is C16H27FN2. The predicted molar refractivity (Wildman–Crippen MR) is 80.1 cm³/mol. The van der Waals surface area contributed by atoms with Crippen LogP contribution in [0, 0.1) is 12.7 Å². The zero-order valence-corrected chi connectivity index (χ0v) is 13.0. The number of aryl methyl sites for hydroxylation is 1. The minimum atomic E-state index is -0.159. The minimum absolute atomic E-state index is 0.0789. The zero-order valence-electron chi connectivity index (χ0n) is 13.0. The number of benzene rings is 1. The van der Waals surface area contributed by atoms with Crippen LogP contribution < -0.4 is 5.32 Å². The Hall–Kier alpha value is -0.930. The molecule has 2 atom stereocenters. The molecule has 108 valence electrons. The maximum absolute atomic E-state index is 13.2. The summed E-state index contributed by atoms with van der Waals surface area (Å²) in [5, 5.41) is 3.43. The highest BCUT2D eigenvalue weighted by atomic mass is 19.1. The fraction of sp³-hybridized carbons (Fsp3) is 0.625. The summed E-state index contributed by atoms with van der Waals surface area (Å²) in [6.45, 7) is 6.46. The lowest BCUT2D eigenvalue weighted by atomic mass is 9.83. The molecule has 3 heteroatoms. The Balaban J connectivity index is 2.99. The van der Waals surface area contributed by atoms with E-state index >= 15 is 0 Å². The average Bonchev–Trinajstić information content (AvgIpc) is 2.36. The number of rotatable bonds is 6. The molecule has 1 aromatic rings. The highest BCUT2D eigenvalue weighted by Crippen LogP contribution is 2.25. The SMILES string of the molecule is CCC(C)(C(Cc1ccc(F)cc1C)NC)N(C)C. The Kier molecular flexibility index (Phi) is 5.50. The largest absolute Gasteiger partial charge is 0.315 e. The van der Waals surface area contributed by atoms with Crippen molar-refractivity contribution >= 4 is 0 Å². The van der Waals surface area contributed by atoms with Gasteiger partial charge in [-0.25, -0.2) is 4.39 Å². The number of nitrogens with one attached hydrogen (secondary N) is 1. The van der Waals surface area contributed by atoms with Crippen LogP contribution in [0.3, 0.4) is 0 Å². The molecule has 0 radical (unpaired) electrons. The van der Waals surface area contributed by atoms with E-state index in [-0.39, 0.29) is 11.4 Å². The lowest BCUT2D eigenvalue weighted by molar-refractivity contribution is 0.116. The lowest BCUT2D eigenvalue weighted by Crippen LogP contribution is -2.57. The van der Waals surface area contributed by atoms with Gasteiger partial charge in [-0.2, -0.15) is 0 Å². The zero-order chi connectivity index (χ0) is 14.6. The molecule has 1 aromatic carbocycles. The number of hydrogen-bond donors (Lipinski definition) is 1. The van der Waals surface area contributed by atoms with Crippen LogP contribution in [0.25, 0.3) is 0 Å². The third kappa shape index (κ3) is 3.54. The van der Waals surface area contributed by atoms with Crippen molar-refractivity contribution in [3.05, 3.63) is 35.1 Å². The first-order valence-electron chi connectivity index (χ1n) is 6.94. The quantitative estimate of drug-likeness (QED) is 0.851. The lowest BCUT2D eigenvalue weighted by Gasteiger charge is -2.43. The van der Waals surface area contributed by atoms with Crippen LogP contribution in [0.5, 0.6) is 0 Å². The fourth-order valence-electron chi connectivity index (χ4n) is 2.62. The van der Waals surface area contributed by atoms with Crippen molar-refractivity contribution in [3.63, 3.8) is 0 Å². The Bertz CT molecular complexity index is 417. The molecular weight excluding hydrogens is 239 g/mol. The second-order valence-electron chi connectivity index (χ2n) is 5.72. The normalized spacial score (nSPS) is 16.4. The number of halogens is 1. The van der Waals surface area contributed by atoms with Gasteiger partial charge in [0.15, 0.2) is 0 Å². The van der Waals surface area contributed by atoms with Crippen molar-refractivity contribution in [3.8, 4) is 0 Å². The average molecular weight is 266 g/mol. The van der Waals surface area contributed by atoms with Gasteiger partial charge in [0, 0.05) is 11.6 Å². The molecule has 0 spiro atoms. The molecule has 0 aliphatic carbocycles. The van der Waals surface area contributed by atoms with E-state index in [9.17, 15) is 4.39 Å². The second-order valence-corrected chi connectivity index (χ2v) is 5.72. The van der Waals surface area contributed by atoms with Crippen molar-refractivity contribution in [1.29, 1.82) is 0 Å². The van der Waals surface area contributed by atoms with Crippen molar-refractivity contribution in [2.75, 3.05) is 21.1 Å². The number of likely N-dealkylation sites (N-methyl/N-ethyl adjacent to an activating group) is 2. The number of hydrogen-bond acceptors (Lipinski definition) is 2. The fourth-order valence-corrected chi connectivity index (χ4v) is 2.62. The van der Waals surface area contributed by atoms with E-state index < -0.39 is 0 Å². The van der Waals surface area contributed by atoms with Gasteiger partial charge in [0.1, 0.15) is 5.82 Å². The molecule has 0 heterocycles. The highest BCUT2D eigenvalue weighted by Gasteiger charge is 2.33. The molecule has 19 heavy (non-hydrogen) atoms. The third-order valence-electron chi connectivity index (χ3n) is 4.57. The summed E-state index contributed by atoms with van der Waals surface area (Å²) in [5.41, 5.74) is 2.31. The first kappa shape index (κ1) is 16.1. The number of nitrogens with zero attached hydrogens (tertiary/aromatic N) is 1. The van der Waals surface area contributed by atoms with Crippen LogP contribution in [-0.4, -0.2) is 37.6 Å². The van der Waals surface area contributed by atoms with Crippen LogP contribution >= 0.6 is 0 Å². The van der Waals surface area contributed by atoms with Crippen LogP contribution in [0.1, 0.15) is 31.4 Å². The molecule has 0 aliphatic rings. The molecule has 0 aliphatic heterocycles. The Morgan fingerprint density at radius 3 is 2.42 bits per heavy atom. The van der Waals surface area contributed by atoms with Gasteiger partial charge in [-0.3, -0.25) is 0 Å². The van der Waals surface area contributed by atoms with Crippen molar-refractivity contribution in [2.45, 2.75) is 45.2 Å². The standard InChI is InChI=1S/C16H27FN2/c1-7-16(3,19(5)6)15(18-4)11-13-8-9-14(17)10-12(13)2/h8-10,15,18H,7,11H2,1-6H3. The molecule has 1 N–H and O–H groups in total. The summed E-state index contributed by atoms with van der Waals surface area (Å²) in [6.07, 6.45) is 1.97. The van der Waals surface area contributed by atoms with Crippen LogP contribution in [0.2, 0.25) is 0 Å². The van der Waals surface area contributed by atoms with Crippen molar-refractivity contribution < 1.29 is 4.39 Å². The van der Waals surface area contributed by atoms with Gasteiger partial charge in [-0.1, -0.05) is 13.0 Å². The van der Waals surface area contributed by atoms with Crippen LogP contribution in [0.15, 0.2) is 18.2 Å². The van der Waals surface area contributed by atoms with E-state index in [2.05, 4.69) is 38.2 Å². The van der Waals surface area contributed by atoms with Gasteiger partial charge in [-0.05, 0) is 71.1 Å². The first-order chi connectivity index (χ1) is 8.85. The van der Waals surface area contributed by atoms with Gasteiger partial charge in [-0.15, -0.1) is 0 Å². The maximum Gasteiger partial charge on any atom is 0.123 e. The van der Waals surface area contributed by atoms with Gasteiger partial charge in [0.2, 0.25) is 0 Å². The van der Waals surface area contributed by atoms with Crippen molar-refractivity contribution in [2.24, 2.45) is 0 Å². The van der Waals surface area contributed by atoms with Crippen LogP contribution in [-0.2, 0) is 6.42 Å². The smallest absolute Gasteiger partial charge is 0.123 e. The van der Waals surface area contributed by atoms with E-state index in [0.717, 1.165) is 18.4 Å². The summed E-state index contributed by atoms with van der Waals surface area (Å²) in [5.74, 6) is -0.159. The summed E-state index contributed by atoms with van der Waals surface area (Å²) >= 11 is 0. The van der Waals surface area contributed by atoms with Crippen LogP contribution in [0.4, 0.5) is 4.39 Å². The summed E-state index contributed by atoms with van der Waals surface area (Å²) in [7, 11) is 6.23.